The van der Waals surface area contributed by atoms with Gasteiger partial charge in [-0.3, -0.25) is 14.5 Å². The number of anilines is 1. The molecule has 7 heteroatoms. The first-order chi connectivity index (χ1) is 13.0. The maximum atomic E-state index is 12.5. The maximum Gasteiger partial charge on any atom is 0.251 e. The Morgan fingerprint density at radius 3 is 2.67 bits per heavy atom. The highest BCUT2D eigenvalue weighted by molar-refractivity contribution is 5.93. The van der Waals surface area contributed by atoms with Crippen LogP contribution in [0.4, 0.5) is 5.69 Å². The van der Waals surface area contributed by atoms with Crippen molar-refractivity contribution in [3.63, 3.8) is 0 Å². The van der Waals surface area contributed by atoms with Crippen molar-refractivity contribution in [1.29, 1.82) is 0 Å². The number of fused-ring (bicyclic) bond motifs is 1. The zero-order valence-electron chi connectivity index (χ0n) is 15.5. The monoisotopic (exact) mass is 373 g/mol. The highest BCUT2D eigenvalue weighted by Gasteiger charge is 2.42. The molecule has 0 aromatic heterocycles. The molecule has 1 aromatic rings. The molecule has 2 amide bonds. The van der Waals surface area contributed by atoms with E-state index in [0.717, 1.165) is 44.3 Å². The molecular weight excluding hydrogens is 346 g/mol. The summed E-state index contributed by atoms with van der Waals surface area (Å²) in [6.07, 6.45) is 7.88. The Bertz CT molecular complexity index is 730. The van der Waals surface area contributed by atoms with E-state index >= 15 is 0 Å². The van der Waals surface area contributed by atoms with E-state index < -0.39 is 5.79 Å². The summed E-state index contributed by atoms with van der Waals surface area (Å²) in [5.74, 6) is 0.381. The summed E-state index contributed by atoms with van der Waals surface area (Å²) in [4.78, 5) is 25.9. The number of rotatable bonds is 4. The number of nitrogens with zero attached hydrogens (tertiary/aromatic N) is 1. The Balaban J connectivity index is 1.38. The molecule has 2 aliphatic heterocycles. The summed E-state index contributed by atoms with van der Waals surface area (Å²) in [5, 5.41) is 2.90. The average molecular weight is 373 g/mol. The van der Waals surface area contributed by atoms with Crippen LogP contribution < -0.4 is 20.5 Å². The molecule has 1 aromatic carbocycles. The molecule has 4 rings (SSSR count). The van der Waals surface area contributed by atoms with Crippen molar-refractivity contribution >= 4 is 17.5 Å². The zero-order chi connectivity index (χ0) is 18.9. The first kappa shape index (κ1) is 18.1. The number of nitrogens with one attached hydrogen (secondary N) is 1. The summed E-state index contributed by atoms with van der Waals surface area (Å²) in [6, 6.07) is 5.14. The Hall–Kier alpha value is -2.28. The SMILES string of the molecule is NC(=O)[C@@H]1CCCCN1CC(=O)Nc1ccc2c(c1)OC1(CCCCC1)O2. The number of likely N-dealkylation sites (tertiary alicyclic amines) is 1. The van der Waals surface area contributed by atoms with E-state index in [4.69, 9.17) is 15.2 Å². The number of carbonyl (C=O) groups excluding carboxylic acids is 2. The first-order valence-corrected chi connectivity index (χ1v) is 9.90. The van der Waals surface area contributed by atoms with Crippen molar-refractivity contribution < 1.29 is 19.1 Å². The van der Waals surface area contributed by atoms with E-state index in [-0.39, 0.29) is 24.4 Å². The molecular formula is C20H27N3O4. The lowest BCUT2D eigenvalue weighted by Crippen LogP contribution is -2.50. The molecule has 3 aliphatic rings. The fourth-order valence-corrected chi connectivity index (χ4v) is 4.35. The molecule has 1 atom stereocenters. The van der Waals surface area contributed by atoms with Gasteiger partial charge < -0.3 is 20.5 Å². The Kier molecular flexibility index (Phi) is 4.95. The lowest BCUT2D eigenvalue weighted by atomic mass is 9.94. The second-order valence-electron chi connectivity index (χ2n) is 7.77. The Morgan fingerprint density at radius 1 is 1.11 bits per heavy atom. The lowest BCUT2D eigenvalue weighted by Gasteiger charge is -2.32. The summed E-state index contributed by atoms with van der Waals surface area (Å²) >= 11 is 0. The van der Waals surface area contributed by atoms with Gasteiger partial charge >= 0.3 is 0 Å². The third kappa shape index (κ3) is 3.88. The average Bonchev–Trinajstić information content (AvgIpc) is 2.99. The molecule has 1 saturated carbocycles. The van der Waals surface area contributed by atoms with Gasteiger partial charge in [-0.1, -0.05) is 12.8 Å². The van der Waals surface area contributed by atoms with Crippen molar-refractivity contribution in [3.8, 4) is 11.5 Å². The van der Waals surface area contributed by atoms with Gasteiger partial charge in [0.2, 0.25) is 11.8 Å². The van der Waals surface area contributed by atoms with Crippen molar-refractivity contribution in [2.24, 2.45) is 5.73 Å². The number of piperidine rings is 1. The standard InChI is InChI=1S/C20H27N3O4/c21-19(25)15-6-2-5-11-23(15)13-18(24)22-14-7-8-16-17(12-14)27-20(26-16)9-3-1-4-10-20/h7-8,12,15H,1-6,9-11,13H2,(H2,21,25)(H,22,24)/t15-/m0/s1. The smallest absolute Gasteiger partial charge is 0.251 e. The number of hydrogen-bond acceptors (Lipinski definition) is 5. The molecule has 0 bridgehead atoms. The van der Waals surface area contributed by atoms with Crippen LogP contribution in [0.5, 0.6) is 11.5 Å². The highest BCUT2D eigenvalue weighted by atomic mass is 16.7. The van der Waals surface area contributed by atoms with Crippen LogP contribution in [-0.2, 0) is 9.59 Å². The molecule has 1 aliphatic carbocycles. The van der Waals surface area contributed by atoms with E-state index in [1.165, 1.54) is 6.42 Å². The molecule has 3 N–H and O–H groups in total. The molecule has 146 valence electrons. The molecule has 1 spiro atoms. The van der Waals surface area contributed by atoms with Gasteiger partial charge in [-0.2, -0.15) is 0 Å². The predicted molar refractivity (Wildman–Crippen MR) is 101 cm³/mol. The number of carbonyl (C=O) groups is 2. The number of benzene rings is 1. The normalized spacial score (nSPS) is 23.9. The lowest BCUT2D eigenvalue weighted by molar-refractivity contribution is -0.126. The quantitative estimate of drug-likeness (QED) is 0.845. The zero-order valence-corrected chi connectivity index (χ0v) is 15.5. The van der Waals surface area contributed by atoms with E-state index in [1.807, 2.05) is 23.1 Å². The summed E-state index contributed by atoms with van der Waals surface area (Å²) in [7, 11) is 0. The molecule has 27 heavy (non-hydrogen) atoms. The van der Waals surface area contributed by atoms with Crippen LogP contribution in [0.3, 0.4) is 0 Å². The number of nitrogens with two attached hydrogens (primary N) is 1. The van der Waals surface area contributed by atoms with Crippen molar-refractivity contribution in [2.45, 2.75) is 63.2 Å². The molecule has 0 unspecified atom stereocenters. The number of primary amides is 1. The van der Waals surface area contributed by atoms with Gasteiger partial charge in [0, 0.05) is 24.6 Å². The van der Waals surface area contributed by atoms with Crippen LogP contribution >= 0.6 is 0 Å². The van der Waals surface area contributed by atoms with Gasteiger partial charge in [-0.05, 0) is 44.4 Å². The minimum absolute atomic E-state index is 0.158. The van der Waals surface area contributed by atoms with Crippen LogP contribution in [0, 0.1) is 0 Å². The molecule has 2 fully saturated rings. The summed E-state index contributed by atoms with van der Waals surface area (Å²) in [5.41, 5.74) is 6.14. The van der Waals surface area contributed by atoms with E-state index in [0.29, 0.717) is 24.4 Å². The molecule has 2 heterocycles. The van der Waals surface area contributed by atoms with Gasteiger partial charge in [0.05, 0.1) is 12.6 Å². The van der Waals surface area contributed by atoms with Gasteiger partial charge in [0.1, 0.15) is 0 Å². The number of amides is 2. The number of hydrogen-bond donors (Lipinski definition) is 2. The third-order valence-electron chi connectivity index (χ3n) is 5.72. The minimum Gasteiger partial charge on any atom is -0.448 e. The molecule has 0 radical (unpaired) electrons. The molecule has 7 nitrogen and oxygen atoms in total. The van der Waals surface area contributed by atoms with E-state index in [2.05, 4.69) is 5.32 Å². The Labute approximate surface area is 159 Å². The topological polar surface area (TPSA) is 93.9 Å². The predicted octanol–water partition coefficient (Wildman–Crippen LogP) is 2.40. The Morgan fingerprint density at radius 2 is 1.89 bits per heavy atom. The maximum absolute atomic E-state index is 12.5. The van der Waals surface area contributed by atoms with Crippen LogP contribution in [0.1, 0.15) is 51.4 Å². The van der Waals surface area contributed by atoms with Crippen LogP contribution in [0.2, 0.25) is 0 Å². The second-order valence-corrected chi connectivity index (χ2v) is 7.77. The van der Waals surface area contributed by atoms with E-state index in [9.17, 15) is 9.59 Å². The van der Waals surface area contributed by atoms with Gasteiger partial charge in [-0.15, -0.1) is 0 Å². The van der Waals surface area contributed by atoms with Gasteiger partial charge in [0.25, 0.3) is 5.79 Å². The van der Waals surface area contributed by atoms with E-state index in [1.54, 1.807) is 0 Å². The first-order valence-electron chi connectivity index (χ1n) is 9.90. The second kappa shape index (κ2) is 7.38. The van der Waals surface area contributed by atoms with Crippen LogP contribution in [-0.4, -0.2) is 41.6 Å². The van der Waals surface area contributed by atoms with Crippen LogP contribution in [0.15, 0.2) is 18.2 Å². The van der Waals surface area contributed by atoms with Crippen LogP contribution in [0.25, 0.3) is 0 Å². The van der Waals surface area contributed by atoms with Crippen molar-refractivity contribution in [1.82, 2.24) is 4.90 Å². The summed E-state index contributed by atoms with van der Waals surface area (Å²) < 4.78 is 12.2. The van der Waals surface area contributed by atoms with Gasteiger partial charge in [0.15, 0.2) is 11.5 Å². The molecule has 1 saturated heterocycles. The fraction of sp³-hybridized carbons (Fsp3) is 0.600. The van der Waals surface area contributed by atoms with Gasteiger partial charge in [-0.25, -0.2) is 0 Å². The van der Waals surface area contributed by atoms with Crippen molar-refractivity contribution in [3.05, 3.63) is 18.2 Å². The fourth-order valence-electron chi connectivity index (χ4n) is 4.35. The number of ether oxygens (including phenoxy) is 2. The minimum atomic E-state index is -0.522. The highest BCUT2D eigenvalue weighted by Crippen LogP contribution is 2.46. The largest absolute Gasteiger partial charge is 0.448 e. The third-order valence-corrected chi connectivity index (χ3v) is 5.72. The summed E-state index contributed by atoms with van der Waals surface area (Å²) in [6.45, 7) is 0.872. The van der Waals surface area contributed by atoms with Crippen molar-refractivity contribution in [2.75, 3.05) is 18.4 Å².